The zero-order valence-electron chi connectivity index (χ0n) is 10.9. The minimum absolute atomic E-state index is 0.129. The molecular formula is C13H20N2O2S. The van der Waals surface area contributed by atoms with Crippen LogP contribution in [-0.4, -0.2) is 22.1 Å². The maximum Gasteiger partial charge on any atom is 0.306 e. The first kappa shape index (κ1) is 13.5. The van der Waals surface area contributed by atoms with Gasteiger partial charge in [0.2, 0.25) is 0 Å². The van der Waals surface area contributed by atoms with Crippen LogP contribution < -0.4 is 5.32 Å². The van der Waals surface area contributed by atoms with E-state index in [0.29, 0.717) is 6.04 Å². The molecule has 2 N–H and O–H groups in total. The molecule has 0 aliphatic heterocycles. The second-order valence-corrected chi connectivity index (χ2v) is 6.30. The Hall–Kier alpha value is -0.940. The van der Waals surface area contributed by atoms with E-state index in [0.717, 1.165) is 42.9 Å². The van der Waals surface area contributed by atoms with E-state index >= 15 is 0 Å². The zero-order valence-corrected chi connectivity index (χ0v) is 11.7. The van der Waals surface area contributed by atoms with E-state index in [4.69, 9.17) is 5.11 Å². The van der Waals surface area contributed by atoms with Gasteiger partial charge in [0.1, 0.15) is 0 Å². The molecular weight excluding hydrogens is 248 g/mol. The van der Waals surface area contributed by atoms with Crippen LogP contribution in [-0.2, 0) is 11.3 Å². The Morgan fingerprint density at radius 2 is 2.06 bits per heavy atom. The van der Waals surface area contributed by atoms with Crippen molar-refractivity contribution in [1.29, 1.82) is 0 Å². The summed E-state index contributed by atoms with van der Waals surface area (Å²) in [6.45, 7) is 4.93. The molecule has 1 aliphatic carbocycles. The van der Waals surface area contributed by atoms with Gasteiger partial charge in [-0.1, -0.05) is 0 Å². The number of aryl methyl sites for hydroxylation is 2. The molecule has 0 radical (unpaired) electrons. The topological polar surface area (TPSA) is 62.2 Å². The van der Waals surface area contributed by atoms with Crippen molar-refractivity contribution < 1.29 is 9.90 Å². The van der Waals surface area contributed by atoms with Crippen molar-refractivity contribution in [2.24, 2.45) is 5.92 Å². The molecule has 1 heterocycles. The molecule has 1 aromatic heterocycles. The summed E-state index contributed by atoms with van der Waals surface area (Å²) >= 11 is 1.74. The first-order valence-corrected chi connectivity index (χ1v) is 7.27. The van der Waals surface area contributed by atoms with Gasteiger partial charge in [-0.05, 0) is 39.5 Å². The van der Waals surface area contributed by atoms with E-state index in [-0.39, 0.29) is 5.92 Å². The highest BCUT2D eigenvalue weighted by atomic mass is 32.1. The van der Waals surface area contributed by atoms with Crippen molar-refractivity contribution in [2.45, 2.75) is 52.1 Å². The fourth-order valence-electron chi connectivity index (χ4n) is 2.52. The Morgan fingerprint density at radius 1 is 1.39 bits per heavy atom. The van der Waals surface area contributed by atoms with E-state index in [1.54, 1.807) is 11.3 Å². The van der Waals surface area contributed by atoms with Crippen molar-refractivity contribution in [1.82, 2.24) is 10.3 Å². The monoisotopic (exact) mass is 268 g/mol. The highest BCUT2D eigenvalue weighted by Crippen LogP contribution is 2.25. The van der Waals surface area contributed by atoms with Crippen LogP contribution in [0.2, 0.25) is 0 Å². The molecule has 0 saturated heterocycles. The Bertz CT molecular complexity index is 423. The molecule has 5 heteroatoms. The van der Waals surface area contributed by atoms with E-state index < -0.39 is 5.97 Å². The quantitative estimate of drug-likeness (QED) is 0.880. The van der Waals surface area contributed by atoms with Gasteiger partial charge in [-0.15, -0.1) is 11.3 Å². The number of rotatable bonds is 4. The highest BCUT2D eigenvalue weighted by Gasteiger charge is 2.25. The molecule has 1 aliphatic rings. The van der Waals surface area contributed by atoms with Crippen LogP contribution in [0.3, 0.4) is 0 Å². The Kier molecular flexibility index (Phi) is 4.35. The third-order valence-electron chi connectivity index (χ3n) is 3.63. The summed E-state index contributed by atoms with van der Waals surface area (Å²) < 4.78 is 0. The standard InChI is InChI=1S/C13H20N2O2S/c1-8-12(18-9(2)15-8)7-14-11-5-3-10(4-6-11)13(16)17/h10-11,14H,3-7H2,1-2H3,(H,16,17). The minimum Gasteiger partial charge on any atom is -0.481 e. The summed E-state index contributed by atoms with van der Waals surface area (Å²) in [5, 5.41) is 13.6. The first-order chi connectivity index (χ1) is 8.56. The van der Waals surface area contributed by atoms with Crippen molar-refractivity contribution in [3.8, 4) is 0 Å². The van der Waals surface area contributed by atoms with E-state index in [2.05, 4.69) is 10.3 Å². The van der Waals surface area contributed by atoms with Crippen molar-refractivity contribution in [2.75, 3.05) is 0 Å². The second-order valence-electron chi connectivity index (χ2n) is 5.01. The highest BCUT2D eigenvalue weighted by molar-refractivity contribution is 7.11. The number of nitrogens with zero attached hydrogens (tertiary/aromatic N) is 1. The molecule has 18 heavy (non-hydrogen) atoms. The Labute approximate surface area is 111 Å². The Morgan fingerprint density at radius 3 is 2.56 bits per heavy atom. The Balaban J connectivity index is 1.79. The van der Waals surface area contributed by atoms with Crippen LogP contribution in [0.1, 0.15) is 41.3 Å². The minimum atomic E-state index is -0.637. The van der Waals surface area contributed by atoms with Crippen LogP contribution >= 0.6 is 11.3 Å². The number of hydrogen-bond acceptors (Lipinski definition) is 4. The van der Waals surface area contributed by atoms with Gasteiger partial charge in [0.05, 0.1) is 16.6 Å². The lowest BCUT2D eigenvalue weighted by atomic mass is 9.86. The van der Waals surface area contributed by atoms with Gasteiger partial charge in [-0.2, -0.15) is 0 Å². The summed E-state index contributed by atoms with van der Waals surface area (Å²) in [7, 11) is 0. The molecule has 1 fully saturated rings. The molecule has 4 nitrogen and oxygen atoms in total. The number of aromatic nitrogens is 1. The lowest BCUT2D eigenvalue weighted by molar-refractivity contribution is -0.142. The van der Waals surface area contributed by atoms with Crippen LogP contribution in [0, 0.1) is 19.8 Å². The number of carboxylic acids is 1. The largest absolute Gasteiger partial charge is 0.481 e. The predicted octanol–water partition coefficient (Wildman–Crippen LogP) is 2.49. The van der Waals surface area contributed by atoms with Crippen molar-refractivity contribution in [3.63, 3.8) is 0 Å². The van der Waals surface area contributed by atoms with Crippen LogP contribution in [0.5, 0.6) is 0 Å². The number of hydrogen-bond donors (Lipinski definition) is 2. The van der Waals surface area contributed by atoms with Gasteiger partial charge in [-0.25, -0.2) is 4.98 Å². The molecule has 0 aromatic carbocycles. The number of nitrogens with one attached hydrogen (secondary N) is 1. The van der Waals surface area contributed by atoms with Gasteiger partial charge in [0.25, 0.3) is 0 Å². The van der Waals surface area contributed by atoms with Gasteiger partial charge >= 0.3 is 5.97 Å². The average Bonchev–Trinajstić information content (AvgIpc) is 2.66. The van der Waals surface area contributed by atoms with E-state index in [9.17, 15) is 4.79 Å². The zero-order chi connectivity index (χ0) is 13.1. The lowest BCUT2D eigenvalue weighted by Gasteiger charge is -2.26. The molecule has 0 bridgehead atoms. The molecule has 0 amide bonds. The van der Waals surface area contributed by atoms with Gasteiger partial charge < -0.3 is 10.4 Å². The molecule has 1 aromatic rings. The predicted molar refractivity (Wildman–Crippen MR) is 71.8 cm³/mol. The summed E-state index contributed by atoms with van der Waals surface area (Å²) in [6, 6.07) is 0.461. The maximum absolute atomic E-state index is 10.9. The molecule has 0 unspecified atom stereocenters. The molecule has 0 atom stereocenters. The fourth-order valence-corrected chi connectivity index (χ4v) is 3.41. The normalized spacial score (nSPS) is 24.1. The maximum atomic E-state index is 10.9. The SMILES string of the molecule is Cc1nc(C)c(CNC2CCC(C(=O)O)CC2)s1. The number of thiazole rings is 1. The smallest absolute Gasteiger partial charge is 0.306 e. The average molecular weight is 268 g/mol. The summed E-state index contributed by atoms with van der Waals surface area (Å²) in [5.41, 5.74) is 1.12. The number of carbonyl (C=O) groups is 1. The number of carboxylic acid groups (broad SMARTS) is 1. The van der Waals surface area contributed by atoms with E-state index in [1.807, 2.05) is 13.8 Å². The first-order valence-electron chi connectivity index (χ1n) is 6.45. The van der Waals surface area contributed by atoms with Crippen LogP contribution in [0.4, 0.5) is 0 Å². The van der Waals surface area contributed by atoms with Gasteiger partial charge in [0, 0.05) is 17.5 Å². The summed E-state index contributed by atoms with van der Waals surface area (Å²) in [5.74, 6) is -0.766. The second kappa shape index (κ2) is 5.80. The molecule has 1 saturated carbocycles. The van der Waals surface area contributed by atoms with E-state index in [1.165, 1.54) is 4.88 Å². The van der Waals surface area contributed by atoms with Crippen LogP contribution in [0.15, 0.2) is 0 Å². The third-order valence-corrected chi connectivity index (χ3v) is 4.70. The van der Waals surface area contributed by atoms with Crippen molar-refractivity contribution >= 4 is 17.3 Å². The third kappa shape index (κ3) is 3.29. The van der Waals surface area contributed by atoms with Crippen molar-refractivity contribution in [3.05, 3.63) is 15.6 Å². The lowest BCUT2D eigenvalue weighted by Crippen LogP contribution is -2.34. The summed E-state index contributed by atoms with van der Waals surface area (Å²) in [4.78, 5) is 16.6. The molecule has 2 rings (SSSR count). The molecule has 100 valence electrons. The number of aliphatic carboxylic acids is 1. The fraction of sp³-hybridized carbons (Fsp3) is 0.692. The summed E-state index contributed by atoms with van der Waals surface area (Å²) in [6.07, 6.45) is 3.53. The van der Waals surface area contributed by atoms with Crippen LogP contribution in [0.25, 0.3) is 0 Å². The van der Waals surface area contributed by atoms with Gasteiger partial charge in [0.15, 0.2) is 0 Å². The van der Waals surface area contributed by atoms with Gasteiger partial charge in [-0.3, -0.25) is 4.79 Å². The molecule has 0 spiro atoms.